The second-order valence-corrected chi connectivity index (χ2v) is 8.85. The summed E-state index contributed by atoms with van der Waals surface area (Å²) in [6.07, 6.45) is 4.97. The summed E-state index contributed by atoms with van der Waals surface area (Å²) in [6.45, 7) is 6.22. The Labute approximate surface area is 191 Å². The van der Waals surface area contributed by atoms with Gasteiger partial charge in [0.05, 0.1) is 26.7 Å². The number of carbonyl (C=O) groups is 1. The fraction of sp³-hybridized carbons (Fsp3) is 0.250. The molecule has 0 aliphatic carbocycles. The second-order valence-electron chi connectivity index (χ2n) is 7.80. The minimum atomic E-state index is -0.202. The lowest BCUT2D eigenvalue weighted by Crippen LogP contribution is -2.35. The van der Waals surface area contributed by atoms with E-state index in [1.807, 2.05) is 49.3 Å². The number of fused-ring (bicyclic) bond motifs is 2. The molecule has 166 valence electrons. The van der Waals surface area contributed by atoms with Crippen molar-refractivity contribution in [1.82, 2.24) is 15.2 Å². The number of nitrogens with one attached hydrogen (secondary N) is 1. The van der Waals surface area contributed by atoms with Gasteiger partial charge in [-0.15, -0.1) is 11.3 Å². The number of hydrogen-bond acceptors (Lipinski definition) is 7. The van der Waals surface area contributed by atoms with Gasteiger partial charge in [-0.25, -0.2) is 0 Å². The summed E-state index contributed by atoms with van der Waals surface area (Å²) in [5, 5.41) is 2.78. The minimum Gasteiger partial charge on any atom is -0.456 e. The molecule has 4 rings (SSSR count). The van der Waals surface area contributed by atoms with E-state index in [2.05, 4.69) is 28.7 Å². The van der Waals surface area contributed by atoms with E-state index in [1.54, 1.807) is 30.8 Å². The Morgan fingerprint density at radius 2 is 2.16 bits per heavy atom. The number of hydrogen-bond donors (Lipinski definition) is 2. The van der Waals surface area contributed by atoms with Gasteiger partial charge < -0.3 is 25.6 Å². The van der Waals surface area contributed by atoms with Crippen molar-refractivity contribution in [1.29, 1.82) is 0 Å². The minimum absolute atomic E-state index is 0.0217. The molecule has 8 heteroatoms. The Balaban J connectivity index is 1.66. The predicted octanol–water partition coefficient (Wildman–Crippen LogP) is 4.09. The van der Waals surface area contributed by atoms with Crippen molar-refractivity contribution >= 4 is 38.8 Å². The third-order valence-electron chi connectivity index (χ3n) is 5.96. The van der Waals surface area contributed by atoms with Crippen LogP contribution in [-0.2, 0) is 4.79 Å². The number of carbonyl (C=O) groups excluding carboxylic acids is 1. The molecule has 1 aliphatic rings. The van der Waals surface area contributed by atoms with Gasteiger partial charge in [-0.1, -0.05) is 12.6 Å². The molecule has 3 heterocycles. The van der Waals surface area contributed by atoms with Crippen molar-refractivity contribution in [3.05, 3.63) is 65.9 Å². The Kier molecular flexibility index (Phi) is 5.80. The van der Waals surface area contributed by atoms with Crippen molar-refractivity contribution < 1.29 is 9.53 Å². The predicted molar refractivity (Wildman–Crippen MR) is 131 cm³/mol. The van der Waals surface area contributed by atoms with Crippen LogP contribution in [0.1, 0.15) is 23.3 Å². The fourth-order valence-corrected chi connectivity index (χ4v) is 5.11. The molecule has 1 amide bonds. The molecule has 1 unspecified atom stereocenters. The number of nitrogens with zero attached hydrogens (tertiary/aromatic N) is 3. The number of anilines is 1. The summed E-state index contributed by atoms with van der Waals surface area (Å²) in [5.41, 5.74) is 9.19. The maximum absolute atomic E-state index is 12.4. The number of amides is 1. The quantitative estimate of drug-likeness (QED) is 0.590. The van der Waals surface area contributed by atoms with Crippen LogP contribution in [0.15, 0.2) is 55.5 Å². The van der Waals surface area contributed by atoms with Gasteiger partial charge in [0.15, 0.2) is 0 Å². The first-order valence-electron chi connectivity index (χ1n) is 10.3. The van der Waals surface area contributed by atoms with Crippen LogP contribution in [0.4, 0.5) is 5.69 Å². The van der Waals surface area contributed by atoms with Gasteiger partial charge in [-0.3, -0.25) is 9.78 Å². The third kappa shape index (κ3) is 3.67. The second kappa shape index (κ2) is 8.55. The molecular weight excluding hydrogens is 422 g/mol. The largest absolute Gasteiger partial charge is 0.456 e. The molecule has 1 aromatic carbocycles. The average molecular weight is 450 g/mol. The van der Waals surface area contributed by atoms with E-state index in [9.17, 15) is 4.79 Å². The van der Waals surface area contributed by atoms with Crippen molar-refractivity contribution in [2.75, 3.05) is 26.0 Å². The van der Waals surface area contributed by atoms with E-state index in [0.29, 0.717) is 5.75 Å². The molecule has 1 aliphatic heterocycles. The highest BCUT2D eigenvalue weighted by atomic mass is 32.1. The van der Waals surface area contributed by atoms with Crippen LogP contribution >= 0.6 is 11.3 Å². The van der Waals surface area contributed by atoms with Gasteiger partial charge in [0.1, 0.15) is 11.5 Å². The van der Waals surface area contributed by atoms with E-state index in [1.165, 1.54) is 6.20 Å². The number of aromatic nitrogens is 1. The lowest BCUT2D eigenvalue weighted by Gasteiger charge is -2.21. The third-order valence-corrected chi connectivity index (χ3v) is 7.15. The smallest absolute Gasteiger partial charge is 0.229 e. The van der Waals surface area contributed by atoms with Crippen LogP contribution in [-0.4, -0.2) is 43.0 Å². The van der Waals surface area contributed by atoms with Crippen molar-refractivity contribution in [2.45, 2.75) is 18.9 Å². The Bertz CT molecular complexity index is 1220. The topological polar surface area (TPSA) is 83.7 Å². The van der Waals surface area contributed by atoms with Crippen LogP contribution < -0.4 is 20.7 Å². The van der Waals surface area contributed by atoms with Crippen molar-refractivity contribution in [2.24, 2.45) is 5.73 Å². The number of ether oxygens (including phenoxy) is 1. The number of thiophene rings is 1. The highest BCUT2D eigenvalue weighted by molar-refractivity contribution is 7.20. The van der Waals surface area contributed by atoms with Crippen molar-refractivity contribution in [3.63, 3.8) is 0 Å². The molecular formula is C24H27N5O2S. The van der Waals surface area contributed by atoms with Gasteiger partial charge in [0.25, 0.3) is 0 Å². The lowest BCUT2D eigenvalue weighted by atomic mass is 9.95. The molecule has 3 aromatic rings. The first-order chi connectivity index (χ1) is 15.3. The maximum atomic E-state index is 12.4. The summed E-state index contributed by atoms with van der Waals surface area (Å²) < 4.78 is 7.23. The van der Waals surface area contributed by atoms with Crippen molar-refractivity contribution in [3.8, 4) is 11.5 Å². The molecule has 0 radical (unpaired) electrons. The van der Waals surface area contributed by atoms with E-state index in [-0.39, 0.29) is 17.9 Å². The summed E-state index contributed by atoms with van der Waals surface area (Å²) in [4.78, 5) is 21.9. The standard InChI is InChI=1S/C24H27N5O2S/c1-14(28(4)11-9-25)21-13-18-23(32-21)20(8-10-27-18)31-16-6-7-17-19(12-16)29(5)15(2)22(17)24(30)26-3/h6-13,15,22H,1,25H2,2-5H3,(H,26,30)/b11-9-/t15?,22-/m0/s1. The Morgan fingerprint density at radius 1 is 1.38 bits per heavy atom. The van der Waals surface area contributed by atoms with Crippen LogP contribution in [0.25, 0.3) is 15.9 Å². The zero-order valence-electron chi connectivity index (χ0n) is 18.6. The Hall–Kier alpha value is -3.52. The first kappa shape index (κ1) is 21.7. The molecule has 0 saturated heterocycles. The first-order valence-corrected chi connectivity index (χ1v) is 11.1. The monoisotopic (exact) mass is 449 g/mol. The zero-order valence-corrected chi connectivity index (χ0v) is 19.4. The van der Waals surface area contributed by atoms with Crippen LogP contribution in [0, 0.1) is 0 Å². The molecule has 0 spiro atoms. The van der Waals surface area contributed by atoms with E-state index in [0.717, 1.165) is 37.8 Å². The average Bonchev–Trinajstić information content (AvgIpc) is 3.33. The molecule has 2 aromatic heterocycles. The van der Waals surface area contributed by atoms with Gasteiger partial charge in [-0.2, -0.15) is 0 Å². The molecule has 0 saturated carbocycles. The highest BCUT2D eigenvalue weighted by Crippen LogP contribution is 2.43. The highest BCUT2D eigenvalue weighted by Gasteiger charge is 2.38. The van der Waals surface area contributed by atoms with Crippen LogP contribution in [0.3, 0.4) is 0 Å². The van der Waals surface area contributed by atoms with Crippen LogP contribution in [0.2, 0.25) is 0 Å². The molecule has 2 atom stereocenters. The summed E-state index contributed by atoms with van der Waals surface area (Å²) >= 11 is 1.57. The summed E-state index contributed by atoms with van der Waals surface area (Å²) in [7, 11) is 5.58. The lowest BCUT2D eigenvalue weighted by molar-refractivity contribution is -0.122. The number of pyridine rings is 1. The molecule has 0 fully saturated rings. The maximum Gasteiger partial charge on any atom is 0.229 e. The molecule has 7 nitrogen and oxygen atoms in total. The molecule has 3 N–H and O–H groups in total. The van der Waals surface area contributed by atoms with Gasteiger partial charge >= 0.3 is 0 Å². The molecule has 0 bridgehead atoms. The summed E-state index contributed by atoms with van der Waals surface area (Å²) in [6, 6.07) is 9.83. The van der Waals surface area contributed by atoms with Gasteiger partial charge in [-0.05, 0) is 24.6 Å². The van der Waals surface area contributed by atoms with Gasteiger partial charge in [0.2, 0.25) is 5.91 Å². The summed E-state index contributed by atoms with van der Waals surface area (Å²) in [5.74, 6) is 1.26. The zero-order chi connectivity index (χ0) is 23.0. The van der Waals surface area contributed by atoms with E-state index < -0.39 is 0 Å². The van der Waals surface area contributed by atoms with Gasteiger partial charge in [0, 0.05) is 63.6 Å². The van der Waals surface area contributed by atoms with E-state index in [4.69, 9.17) is 10.5 Å². The molecule has 32 heavy (non-hydrogen) atoms. The Morgan fingerprint density at radius 3 is 2.88 bits per heavy atom. The number of likely N-dealkylation sites (N-methyl/N-ethyl adjacent to an activating group) is 2. The van der Waals surface area contributed by atoms with Crippen LogP contribution in [0.5, 0.6) is 11.5 Å². The number of nitrogens with two attached hydrogens (primary N) is 1. The number of rotatable bonds is 6. The normalized spacial score (nSPS) is 17.6. The fourth-order valence-electron chi connectivity index (χ4n) is 4.03. The SMILES string of the molecule is C=C(c1cc2nccc(Oc3ccc4c(c3)N(C)C(C)[C@@H]4C(=O)NC)c2s1)N(C)/C=C\N. The van der Waals surface area contributed by atoms with E-state index >= 15 is 0 Å². The number of benzene rings is 1.